The largest absolute Gasteiger partial charge is 0.368 e. The molecule has 10 heteroatoms. The number of carbonyl (C=O) groups is 1. The van der Waals surface area contributed by atoms with Crippen molar-refractivity contribution in [1.82, 2.24) is 30.5 Å². The van der Waals surface area contributed by atoms with E-state index in [9.17, 15) is 4.79 Å². The van der Waals surface area contributed by atoms with E-state index in [-0.39, 0.29) is 11.9 Å². The smallest absolute Gasteiger partial charge is 0.270 e. The molecule has 1 unspecified atom stereocenters. The van der Waals surface area contributed by atoms with Crippen molar-refractivity contribution in [2.45, 2.75) is 18.9 Å². The lowest BCUT2D eigenvalue weighted by Gasteiger charge is -2.35. The number of hydrogen-bond acceptors (Lipinski definition) is 6. The Bertz CT molecular complexity index is 963. The van der Waals surface area contributed by atoms with Crippen molar-refractivity contribution < 1.29 is 4.79 Å². The van der Waals surface area contributed by atoms with Crippen molar-refractivity contribution in [3.05, 3.63) is 58.6 Å². The van der Waals surface area contributed by atoms with Gasteiger partial charge in [-0.1, -0.05) is 23.2 Å². The Morgan fingerprint density at radius 3 is 2.82 bits per heavy atom. The van der Waals surface area contributed by atoms with E-state index in [0.717, 1.165) is 25.1 Å². The number of pyridine rings is 1. The normalized spacial score (nSPS) is 16.8. The molecule has 1 aliphatic rings. The first-order valence-electron chi connectivity index (χ1n) is 8.80. The first kappa shape index (κ1) is 18.6. The number of tetrazole rings is 1. The molecule has 0 saturated carbocycles. The van der Waals surface area contributed by atoms with Crippen molar-refractivity contribution in [2.24, 2.45) is 0 Å². The number of hydrogen-bond donors (Lipinski definition) is 1. The van der Waals surface area contributed by atoms with Crippen LogP contribution < -0.4 is 10.2 Å². The molecule has 1 amide bonds. The highest BCUT2D eigenvalue weighted by molar-refractivity contribution is 6.36. The number of rotatable bonds is 4. The Morgan fingerprint density at radius 2 is 2.11 bits per heavy atom. The lowest BCUT2D eigenvalue weighted by Crippen LogP contribution is -2.48. The molecule has 1 saturated heterocycles. The minimum Gasteiger partial charge on any atom is -0.368 e. The van der Waals surface area contributed by atoms with Crippen LogP contribution in [0.2, 0.25) is 10.0 Å². The van der Waals surface area contributed by atoms with Gasteiger partial charge in [0.25, 0.3) is 5.91 Å². The Hall–Kier alpha value is -2.71. The fourth-order valence-corrected chi connectivity index (χ4v) is 3.77. The molecule has 1 aliphatic heterocycles. The van der Waals surface area contributed by atoms with Gasteiger partial charge in [-0.2, -0.15) is 4.68 Å². The van der Waals surface area contributed by atoms with Gasteiger partial charge in [0.05, 0.1) is 22.6 Å². The third kappa shape index (κ3) is 4.07. The minimum atomic E-state index is -0.211. The first-order valence-corrected chi connectivity index (χ1v) is 9.56. The molecule has 8 nitrogen and oxygen atoms in total. The van der Waals surface area contributed by atoms with Gasteiger partial charge in [0.15, 0.2) is 0 Å². The molecule has 3 heterocycles. The fraction of sp³-hybridized carbons (Fsp3) is 0.278. The molecule has 0 aliphatic carbocycles. The van der Waals surface area contributed by atoms with E-state index in [1.807, 2.05) is 12.1 Å². The molecule has 1 fully saturated rings. The Morgan fingerprint density at radius 1 is 1.21 bits per heavy atom. The highest BCUT2D eigenvalue weighted by Crippen LogP contribution is 2.30. The van der Waals surface area contributed by atoms with Crippen LogP contribution in [0.4, 0.5) is 5.69 Å². The van der Waals surface area contributed by atoms with E-state index >= 15 is 0 Å². The van der Waals surface area contributed by atoms with Crippen LogP contribution >= 0.6 is 23.2 Å². The van der Waals surface area contributed by atoms with E-state index in [1.165, 1.54) is 11.0 Å². The maximum atomic E-state index is 12.6. The summed E-state index contributed by atoms with van der Waals surface area (Å²) in [5.41, 5.74) is 1.95. The summed E-state index contributed by atoms with van der Waals surface area (Å²) in [6, 6.07) is 8.88. The summed E-state index contributed by atoms with van der Waals surface area (Å²) >= 11 is 12.3. The molecular weight excluding hydrogens is 401 g/mol. The fourth-order valence-electron chi connectivity index (χ4n) is 3.25. The first-order chi connectivity index (χ1) is 13.6. The van der Waals surface area contributed by atoms with E-state index in [2.05, 4.69) is 30.7 Å². The van der Waals surface area contributed by atoms with Crippen LogP contribution in [0, 0.1) is 0 Å². The van der Waals surface area contributed by atoms with Gasteiger partial charge >= 0.3 is 0 Å². The second-order valence-corrected chi connectivity index (χ2v) is 7.35. The molecule has 3 aromatic rings. The predicted octanol–water partition coefficient (Wildman–Crippen LogP) is 2.76. The molecule has 0 radical (unpaired) electrons. The average molecular weight is 418 g/mol. The number of carbonyl (C=O) groups excluding carboxylic acids is 1. The molecule has 0 bridgehead atoms. The molecular formula is C18H17Cl2N7O. The van der Waals surface area contributed by atoms with Crippen molar-refractivity contribution in [1.29, 1.82) is 0 Å². The number of piperidine rings is 1. The molecule has 1 N–H and O–H groups in total. The SMILES string of the molecule is O=C(NC1CCCN(c2ccc(Cl)cc2Cl)C1)c1ccc(-n2cnnn2)cn1. The average Bonchev–Trinajstić information content (AvgIpc) is 3.23. The summed E-state index contributed by atoms with van der Waals surface area (Å²) in [6.07, 6.45) is 4.88. The van der Waals surface area contributed by atoms with Crippen LogP contribution in [0.5, 0.6) is 0 Å². The summed E-state index contributed by atoms with van der Waals surface area (Å²) in [7, 11) is 0. The lowest BCUT2D eigenvalue weighted by atomic mass is 10.0. The van der Waals surface area contributed by atoms with Crippen molar-refractivity contribution >= 4 is 34.8 Å². The van der Waals surface area contributed by atoms with Gasteiger partial charge < -0.3 is 10.2 Å². The van der Waals surface area contributed by atoms with Gasteiger partial charge in [-0.05, 0) is 53.6 Å². The van der Waals surface area contributed by atoms with Crippen LogP contribution in [0.25, 0.3) is 5.69 Å². The minimum absolute atomic E-state index is 0.00832. The highest BCUT2D eigenvalue weighted by Gasteiger charge is 2.23. The topological polar surface area (TPSA) is 88.8 Å². The van der Waals surface area contributed by atoms with Crippen molar-refractivity contribution in [3.63, 3.8) is 0 Å². The van der Waals surface area contributed by atoms with Crippen molar-refractivity contribution in [2.75, 3.05) is 18.0 Å². The summed E-state index contributed by atoms with van der Waals surface area (Å²) in [5, 5.41) is 15.2. The standard InChI is InChI=1S/C18H17Cl2N7O/c19-12-3-6-17(15(20)8-12)26-7-1-2-13(10-26)23-18(28)16-5-4-14(9-21-16)27-11-22-24-25-27/h3-6,8-9,11,13H,1-2,7,10H2,(H,23,28). The summed E-state index contributed by atoms with van der Waals surface area (Å²) in [6.45, 7) is 1.56. The van der Waals surface area contributed by atoms with Gasteiger partial charge in [0, 0.05) is 24.2 Å². The van der Waals surface area contributed by atoms with Crippen LogP contribution in [-0.4, -0.2) is 50.2 Å². The summed E-state index contributed by atoms with van der Waals surface area (Å²) in [5.74, 6) is -0.211. The lowest BCUT2D eigenvalue weighted by molar-refractivity contribution is 0.0928. The third-order valence-electron chi connectivity index (χ3n) is 4.60. The Balaban J connectivity index is 1.41. The Kier molecular flexibility index (Phi) is 5.40. The third-order valence-corrected chi connectivity index (χ3v) is 5.14. The van der Waals surface area contributed by atoms with Gasteiger partial charge in [-0.25, -0.2) is 4.98 Å². The summed E-state index contributed by atoms with van der Waals surface area (Å²) in [4.78, 5) is 19.0. The quantitative estimate of drug-likeness (QED) is 0.701. The monoisotopic (exact) mass is 417 g/mol. The number of amides is 1. The highest BCUT2D eigenvalue weighted by atomic mass is 35.5. The predicted molar refractivity (Wildman–Crippen MR) is 106 cm³/mol. The molecule has 144 valence electrons. The maximum Gasteiger partial charge on any atom is 0.270 e. The van der Waals surface area contributed by atoms with Gasteiger partial charge in [0.2, 0.25) is 0 Å². The summed E-state index contributed by atoms with van der Waals surface area (Å²) < 4.78 is 1.48. The van der Waals surface area contributed by atoms with E-state index in [0.29, 0.717) is 28.0 Å². The van der Waals surface area contributed by atoms with E-state index < -0.39 is 0 Å². The second kappa shape index (κ2) is 8.12. The van der Waals surface area contributed by atoms with Gasteiger partial charge in [-0.15, -0.1) is 5.10 Å². The zero-order chi connectivity index (χ0) is 19.5. The van der Waals surface area contributed by atoms with Crippen LogP contribution in [0.1, 0.15) is 23.3 Å². The zero-order valence-electron chi connectivity index (χ0n) is 14.8. The number of halogens is 2. The number of anilines is 1. The van der Waals surface area contributed by atoms with Gasteiger partial charge in [0.1, 0.15) is 12.0 Å². The molecule has 1 atom stereocenters. The zero-order valence-corrected chi connectivity index (χ0v) is 16.3. The molecule has 2 aromatic heterocycles. The van der Waals surface area contributed by atoms with Crippen LogP contribution in [0.3, 0.4) is 0 Å². The number of nitrogens with zero attached hydrogens (tertiary/aromatic N) is 6. The number of aromatic nitrogens is 5. The Labute approximate surface area is 171 Å². The molecule has 0 spiro atoms. The van der Waals surface area contributed by atoms with Gasteiger partial charge in [-0.3, -0.25) is 4.79 Å². The molecule has 1 aromatic carbocycles. The number of benzene rings is 1. The van der Waals surface area contributed by atoms with E-state index in [1.54, 1.807) is 24.4 Å². The van der Waals surface area contributed by atoms with E-state index in [4.69, 9.17) is 23.2 Å². The van der Waals surface area contributed by atoms with Crippen molar-refractivity contribution in [3.8, 4) is 5.69 Å². The van der Waals surface area contributed by atoms with Crippen LogP contribution in [0.15, 0.2) is 42.9 Å². The molecule has 28 heavy (non-hydrogen) atoms. The second-order valence-electron chi connectivity index (χ2n) is 6.51. The number of nitrogens with one attached hydrogen (secondary N) is 1. The molecule has 4 rings (SSSR count). The maximum absolute atomic E-state index is 12.6. The van der Waals surface area contributed by atoms with Crippen LogP contribution in [-0.2, 0) is 0 Å².